The second-order valence-electron chi connectivity index (χ2n) is 6.23. The zero-order chi connectivity index (χ0) is 16.8. The van der Waals surface area contributed by atoms with Crippen LogP contribution in [0.5, 0.6) is 5.75 Å². The molecule has 122 valence electrons. The average Bonchev–Trinajstić information content (AvgIpc) is 3.05. The number of aromatic nitrogens is 1. The first-order valence-electron chi connectivity index (χ1n) is 8.22. The fourth-order valence-electron chi connectivity index (χ4n) is 3.37. The van der Waals surface area contributed by atoms with Gasteiger partial charge in [-0.3, -0.25) is 4.79 Å². The summed E-state index contributed by atoms with van der Waals surface area (Å²) in [7, 11) is 2.05. The molecule has 0 unspecified atom stereocenters. The predicted octanol–water partition coefficient (Wildman–Crippen LogP) is 4.05. The summed E-state index contributed by atoms with van der Waals surface area (Å²) in [6.45, 7) is 5.24. The number of anilines is 1. The number of carbonyl (C=O) groups is 1. The van der Waals surface area contributed by atoms with Crippen molar-refractivity contribution in [2.45, 2.75) is 20.4 Å². The smallest absolute Gasteiger partial charge is 0.259 e. The molecule has 2 heterocycles. The van der Waals surface area contributed by atoms with Crippen molar-refractivity contribution in [2.75, 3.05) is 11.5 Å². The molecule has 1 aromatic heterocycles. The van der Waals surface area contributed by atoms with Gasteiger partial charge in [0.2, 0.25) is 0 Å². The molecule has 0 aliphatic carbocycles. The molecule has 0 saturated heterocycles. The van der Waals surface area contributed by atoms with Gasteiger partial charge in [0, 0.05) is 24.0 Å². The lowest BCUT2D eigenvalue weighted by molar-refractivity contribution is 0.0996. The molecular weight excluding hydrogens is 300 g/mol. The molecule has 3 aromatic rings. The molecule has 4 nitrogen and oxygen atoms in total. The van der Waals surface area contributed by atoms with Crippen LogP contribution in [-0.4, -0.2) is 17.1 Å². The van der Waals surface area contributed by atoms with Crippen molar-refractivity contribution in [3.63, 3.8) is 0 Å². The monoisotopic (exact) mass is 320 g/mol. The number of fused-ring (bicyclic) bond motifs is 2. The Morgan fingerprint density at radius 1 is 1.12 bits per heavy atom. The van der Waals surface area contributed by atoms with Gasteiger partial charge in [0.05, 0.1) is 18.7 Å². The number of hydrogen-bond acceptors (Lipinski definition) is 2. The van der Waals surface area contributed by atoms with Crippen molar-refractivity contribution in [2.24, 2.45) is 7.05 Å². The maximum atomic E-state index is 12.8. The Hall–Kier alpha value is -2.75. The van der Waals surface area contributed by atoms with Crippen LogP contribution in [0, 0.1) is 6.92 Å². The molecule has 0 spiro atoms. The van der Waals surface area contributed by atoms with Crippen molar-refractivity contribution in [1.29, 1.82) is 0 Å². The molecule has 4 rings (SSSR count). The minimum atomic E-state index is 0.0387. The summed E-state index contributed by atoms with van der Waals surface area (Å²) >= 11 is 0. The lowest BCUT2D eigenvalue weighted by Gasteiger charge is -2.16. The third kappa shape index (κ3) is 2.18. The number of rotatable bonds is 3. The number of amides is 1. The second kappa shape index (κ2) is 5.41. The lowest BCUT2D eigenvalue weighted by Crippen LogP contribution is -2.22. The van der Waals surface area contributed by atoms with Crippen LogP contribution in [0.2, 0.25) is 0 Å². The quantitative estimate of drug-likeness (QED) is 0.730. The number of hydrogen-bond donors (Lipinski definition) is 0. The van der Waals surface area contributed by atoms with Gasteiger partial charge < -0.3 is 14.2 Å². The van der Waals surface area contributed by atoms with Crippen LogP contribution in [0.1, 0.15) is 28.5 Å². The van der Waals surface area contributed by atoms with Gasteiger partial charge in [0.15, 0.2) is 0 Å². The highest BCUT2D eigenvalue weighted by Gasteiger charge is 2.29. The van der Waals surface area contributed by atoms with Gasteiger partial charge in [-0.2, -0.15) is 0 Å². The van der Waals surface area contributed by atoms with Gasteiger partial charge >= 0.3 is 0 Å². The van der Waals surface area contributed by atoms with E-state index in [1.54, 1.807) is 0 Å². The van der Waals surface area contributed by atoms with Crippen molar-refractivity contribution in [3.05, 3.63) is 59.3 Å². The van der Waals surface area contributed by atoms with Gasteiger partial charge in [-0.05, 0) is 55.1 Å². The summed E-state index contributed by atoms with van der Waals surface area (Å²) in [5.41, 5.74) is 5.07. The lowest BCUT2D eigenvalue weighted by atomic mass is 10.1. The fraction of sp³-hybridized carbons (Fsp3) is 0.250. The Kier molecular flexibility index (Phi) is 3.34. The van der Waals surface area contributed by atoms with E-state index in [0.29, 0.717) is 13.2 Å². The van der Waals surface area contributed by atoms with E-state index in [1.807, 2.05) is 36.1 Å². The predicted molar refractivity (Wildman–Crippen MR) is 95.8 cm³/mol. The molecular formula is C20H20N2O2. The van der Waals surface area contributed by atoms with Crippen LogP contribution in [0.3, 0.4) is 0 Å². The zero-order valence-corrected chi connectivity index (χ0v) is 14.2. The van der Waals surface area contributed by atoms with Gasteiger partial charge in [0.25, 0.3) is 5.91 Å². The number of ether oxygens (including phenoxy) is 1. The molecule has 4 heteroatoms. The average molecular weight is 320 g/mol. The highest BCUT2D eigenvalue weighted by molar-refractivity contribution is 6.10. The normalized spacial score (nSPS) is 13.6. The Morgan fingerprint density at radius 2 is 1.96 bits per heavy atom. The standard InChI is InChI=1S/C20H20N2O2/c1-4-24-17-8-6-15-12-22(20(23)18(15)11-17)16-7-5-14-9-13(2)21(3)19(14)10-16/h5-11H,4,12H2,1-3H3. The molecule has 24 heavy (non-hydrogen) atoms. The number of carbonyl (C=O) groups excluding carboxylic acids is 1. The van der Waals surface area contributed by atoms with E-state index in [9.17, 15) is 4.79 Å². The molecule has 0 N–H and O–H groups in total. The Balaban J connectivity index is 1.73. The third-order valence-corrected chi connectivity index (χ3v) is 4.78. The maximum absolute atomic E-state index is 12.8. The van der Waals surface area contributed by atoms with Gasteiger partial charge in [-0.15, -0.1) is 0 Å². The minimum Gasteiger partial charge on any atom is -0.494 e. The number of benzene rings is 2. The van der Waals surface area contributed by atoms with Crippen molar-refractivity contribution in [3.8, 4) is 5.75 Å². The molecule has 1 amide bonds. The summed E-state index contributed by atoms with van der Waals surface area (Å²) < 4.78 is 7.67. The minimum absolute atomic E-state index is 0.0387. The second-order valence-corrected chi connectivity index (χ2v) is 6.23. The van der Waals surface area contributed by atoms with Crippen LogP contribution < -0.4 is 9.64 Å². The van der Waals surface area contributed by atoms with E-state index in [2.05, 4.69) is 36.7 Å². The first-order chi connectivity index (χ1) is 11.6. The number of nitrogens with zero attached hydrogens (tertiary/aromatic N) is 2. The topological polar surface area (TPSA) is 34.5 Å². The van der Waals surface area contributed by atoms with Gasteiger partial charge in [-0.1, -0.05) is 12.1 Å². The molecule has 1 aliphatic rings. The van der Waals surface area contributed by atoms with Gasteiger partial charge in [0.1, 0.15) is 5.75 Å². The van der Waals surface area contributed by atoms with Crippen LogP contribution in [-0.2, 0) is 13.6 Å². The molecule has 0 fully saturated rings. The maximum Gasteiger partial charge on any atom is 0.259 e. The van der Waals surface area contributed by atoms with Crippen molar-refractivity contribution < 1.29 is 9.53 Å². The summed E-state index contributed by atoms with van der Waals surface area (Å²) in [4.78, 5) is 14.7. The van der Waals surface area contributed by atoms with Crippen molar-refractivity contribution in [1.82, 2.24) is 4.57 Å². The Bertz CT molecular complexity index is 956. The van der Waals surface area contributed by atoms with Crippen LogP contribution >= 0.6 is 0 Å². The summed E-state index contributed by atoms with van der Waals surface area (Å²) in [6.07, 6.45) is 0. The summed E-state index contributed by atoms with van der Waals surface area (Å²) in [5, 5.41) is 1.20. The van der Waals surface area contributed by atoms with Crippen LogP contribution in [0.15, 0.2) is 42.5 Å². The molecule has 0 radical (unpaired) electrons. The highest BCUT2D eigenvalue weighted by atomic mass is 16.5. The molecule has 0 saturated carbocycles. The Morgan fingerprint density at radius 3 is 2.75 bits per heavy atom. The Labute approximate surface area is 141 Å². The van der Waals surface area contributed by atoms with E-state index in [4.69, 9.17) is 4.74 Å². The molecule has 1 aliphatic heterocycles. The van der Waals surface area contributed by atoms with Crippen LogP contribution in [0.4, 0.5) is 5.69 Å². The molecule has 2 aromatic carbocycles. The first-order valence-corrected chi connectivity index (χ1v) is 8.22. The molecule has 0 bridgehead atoms. The zero-order valence-electron chi connectivity index (χ0n) is 14.2. The van der Waals surface area contributed by atoms with Gasteiger partial charge in [-0.25, -0.2) is 0 Å². The third-order valence-electron chi connectivity index (χ3n) is 4.78. The SMILES string of the molecule is CCOc1ccc2c(c1)C(=O)N(c1ccc3cc(C)n(C)c3c1)C2. The number of aryl methyl sites for hydroxylation is 2. The first kappa shape index (κ1) is 14.8. The van der Waals surface area contributed by atoms with E-state index in [-0.39, 0.29) is 5.91 Å². The largest absolute Gasteiger partial charge is 0.494 e. The molecule has 0 atom stereocenters. The highest BCUT2D eigenvalue weighted by Crippen LogP contribution is 2.32. The van der Waals surface area contributed by atoms with Crippen LogP contribution in [0.25, 0.3) is 10.9 Å². The van der Waals surface area contributed by atoms with E-state index < -0.39 is 0 Å². The summed E-state index contributed by atoms with van der Waals surface area (Å²) in [6, 6.07) is 14.1. The fourth-order valence-corrected chi connectivity index (χ4v) is 3.37. The van der Waals surface area contributed by atoms with E-state index in [1.165, 1.54) is 11.1 Å². The summed E-state index contributed by atoms with van der Waals surface area (Å²) in [5.74, 6) is 0.789. The van der Waals surface area contributed by atoms with E-state index in [0.717, 1.165) is 28.1 Å². The van der Waals surface area contributed by atoms with Crippen molar-refractivity contribution >= 4 is 22.5 Å². The van der Waals surface area contributed by atoms with E-state index >= 15 is 0 Å².